The summed E-state index contributed by atoms with van der Waals surface area (Å²) < 4.78 is 11.8. The van der Waals surface area contributed by atoms with Crippen LogP contribution in [0, 0.1) is 10.1 Å². The molecule has 1 aliphatic rings. The molecule has 1 atom stereocenters. The van der Waals surface area contributed by atoms with Gasteiger partial charge in [-0.1, -0.05) is 18.2 Å². The van der Waals surface area contributed by atoms with E-state index in [0.29, 0.717) is 18.5 Å². The quantitative estimate of drug-likeness (QED) is 0.556. The fraction of sp³-hybridized carbons (Fsp3) is 0.222. The van der Waals surface area contributed by atoms with E-state index >= 15 is 0 Å². The molecule has 0 radical (unpaired) electrons. The van der Waals surface area contributed by atoms with Crippen molar-refractivity contribution in [3.8, 4) is 5.75 Å². The predicted molar refractivity (Wildman–Crippen MR) is 94.6 cm³/mol. The number of nitro benzene ring substituents is 1. The van der Waals surface area contributed by atoms with Gasteiger partial charge in [0.25, 0.3) is 5.69 Å². The van der Waals surface area contributed by atoms with Gasteiger partial charge in [0, 0.05) is 18.1 Å². The number of hydrogen-bond donors (Lipinski definition) is 1. The molecule has 0 unspecified atom stereocenters. The molecule has 4 rings (SSSR count). The number of carbonyl (C=O) groups excluding carboxylic acids is 1. The van der Waals surface area contributed by atoms with Crippen LogP contribution in [0.5, 0.6) is 5.75 Å². The first kappa shape index (κ1) is 16.8. The molecule has 1 N–H and O–H groups in total. The molecule has 0 saturated carbocycles. The molecular formula is C18H15N3O6. The minimum Gasteiger partial charge on any atom is -0.493 e. The van der Waals surface area contributed by atoms with Gasteiger partial charge in [-0.05, 0) is 12.1 Å². The summed E-state index contributed by atoms with van der Waals surface area (Å²) in [4.78, 5) is 34.8. The van der Waals surface area contributed by atoms with Gasteiger partial charge in [0.2, 0.25) is 5.91 Å². The van der Waals surface area contributed by atoms with Gasteiger partial charge >= 0.3 is 5.76 Å². The van der Waals surface area contributed by atoms with Gasteiger partial charge in [0.1, 0.15) is 12.3 Å². The monoisotopic (exact) mass is 369 g/mol. The van der Waals surface area contributed by atoms with E-state index in [-0.39, 0.29) is 29.8 Å². The van der Waals surface area contributed by atoms with E-state index in [0.717, 1.165) is 15.9 Å². The molecule has 3 aromatic rings. The lowest BCUT2D eigenvalue weighted by atomic mass is 10.0. The zero-order chi connectivity index (χ0) is 19.0. The molecule has 1 amide bonds. The molecule has 2 aromatic carbocycles. The van der Waals surface area contributed by atoms with Crippen molar-refractivity contribution in [1.29, 1.82) is 0 Å². The normalized spacial score (nSPS) is 15.8. The summed E-state index contributed by atoms with van der Waals surface area (Å²) in [6.45, 7) is 0.239. The van der Waals surface area contributed by atoms with E-state index in [9.17, 15) is 19.7 Å². The number of nitrogens with one attached hydrogen (secondary N) is 1. The van der Waals surface area contributed by atoms with Crippen molar-refractivity contribution < 1.29 is 18.9 Å². The molecule has 27 heavy (non-hydrogen) atoms. The summed E-state index contributed by atoms with van der Waals surface area (Å²) in [5.74, 6) is -0.375. The Labute approximate surface area is 152 Å². The number of aromatic nitrogens is 1. The highest BCUT2D eigenvalue weighted by molar-refractivity contribution is 5.81. The van der Waals surface area contributed by atoms with Crippen molar-refractivity contribution in [2.75, 3.05) is 6.61 Å². The van der Waals surface area contributed by atoms with Crippen molar-refractivity contribution in [3.63, 3.8) is 0 Å². The van der Waals surface area contributed by atoms with E-state index < -0.39 is 10.7 Å². The highest BCUT2D eigenvalue weighted by atomic mass is 16.6. The van der Waals surface area contributed by atoms with Gasteiger partial charge in [0.15, 0.2) is 5.58 Å². The smallest absolute Gasteiger partial charge is 0.420 e. The molecule has 0 spiro atoms. The predicted octanol–water partition coefficient (Wildman–Crippen LogP) is 2.14. The SMILES string of the molecule is O=C(Cn1c(=O)oc2cc([N+](=O)[O-])ccc21)N[C@H]1CCOc2ccccc21. The van der Waals surface area contributed by atoms with E-state index in [1.165, 1.54) is 18.2 Å². The standard InChI is InChI=1S/C18H15N3O6/c22-17(19-13-7-8-26-15-4-2-1-3-12(13)15)10-20-14-6-5-11(21(24)25)9-16(14)27-18(20)23/h1-6,9,13H,7-8,10H2,(H,19,22)/t13-/m0/s1. The van der Waals surface area contributed by atoms with Gasteiger partial charge in [-0.3, -0.25) is 19.5 Å². The number of benzene rings is 2. The molecule has 9 nitrogen and oxygen atoms in total. The Balaban J connectivity index is 1.56. The van der Waals surface area contributed by atoms with Crippen molar-refractivity contribution >= 4 is 22.7 Å². The first-order chi connectivity index (χ1) is 13.0. The minimum atomic E-state index is -0.743. The number of nitrogens with zero attached hydrogens (tertiary/aromatic N) is 2. The maximum Gasteiger partial charge on any atom is 0.420 e. The van der Waals surface area contributed by atoms with Crippen LogP contribution in [0.3, 0.4) is 0 Å². The van der Waals surface area contributed by atoms with Gasteiger partial charge in [-0.2, -0.15) is 0 Å². The Hall–Kier alpha value is -3.62. The number of fused-ring (bicyclic) bond motifs is 2. The van der Waals surface area contributed by atoms with Crippen LogP contribution in [0.15, 0.2) is 51.7 Å². The average Bonchev–Trinajstić information content (AvgIpc) is 2.96. The number of rotatable bonds is 4. The zero-order valence-electron chi connectivity index (χ0n) is 14.1. The van der Waals surface area contributed by atoms with Crippen LogP contribution in [0.2, 0.25) is 0 Å². The first-order valence-corrected chi connectivity index (χ1v) is 8.32. The molecule has 0 saturated heterocycles. The molecular weight excluding hydrogens is 354 g/mol. The van der Waals surface area contributed by atoms with Crippen molar-refractivity contribution in [3.05, 3.63) is 68.7 Å². The Kier molecular flexibility index (Phi) is 4.11. The van der Waals surface area contributed by atoms with Gasteiger partial charge < -0.3 is 14.5 Å². The molecule has 0 bridgehead atoms. The van der Waals surface area contributed by atoms with Crippen LogP contribution in [0.4, 0.5) is 5.69 Å². The van der Waals surface area contributed by atoms with Crippen LogP contribution in [0.1, 0.15) is 18.0 Å². The lowest BCUT2D eigenvalue weighted by Gasteiger charge is -2.26. The van der Waals surface area contributed by atoms with Crippen LogP contribution < -0.4 is 15.8 Å². The van der Waals surface area contributed by atoms with Crippen LogP contribution in [0.25, 0.3) is 11.1 Å². The fourth-order valence-corrected chi connectivity index (χ4v) is 3.19. The van der Waals surface area contributed by atoms with E-state index in [1.54, 1.807) is 0 Å². The molecule has 1 aromatic heterocycles. The van der Waals surface area contributed by atoms with E-state index in [2.05, 4.69) is 5.32 Å². The third-order valence-corrected chi connectivity index (χ3v) is 4.46. The summed E-state index contributed by atoms with van der Waals surface area (Å²) in [6.07, 6.45) is 0.621. The van der Waals surface area contributed by atoms with Crippen molar-refractivity contribution in [1.82, 2.24) is 9.88 Å². The number of nitro groups is 1. The van der Waals surface area contributed by atoms with Crippen LogP contribution >= 0.6 is 0 Å². The summed E-state index contributed by atoms with van der Waals surface area (Å²) in [5, 5.41) is 13.7. The summed E-state index contributed by atoms with van der Waals surface area (Å²) in [5.41, 5.74) is 1.09. The van der Waals surface area contributed by atoms with Crippen molar-refractivity contribution in [2.45, 2.75) is 19.0 Å². The molecule has 1 aliphatic heterocycles. The van der Waals surface area contributed by atoms with Gasteiger partial charge in [-0.25, -0.2) is 4.79 Å². The third kappa shape index (κ3) is 3.14. The maximum absolute atomic E-state index is 12.5. The Morgan fingerprint density at radius 3 is 2.93 bits per heavy atom. The second-order valence-electron chi connectivity index (χ2n) is 6.16. The number of amides is 1. The third-order valence-electron chi connectivity index (χ3n) is 4.46. The summed E-state index contributed by atoms with van der Waals surface area (Å²) >= 11 is 0. The summed E-state index contributed by atoms with van der Waals surface area (Å²) in [7, 11) is 0. The Bertz CT molecular complexity index is 1100. The molecule has 0 aliphatic carbocycles. The highest BCUT2D eigenvalue weighted by Gasteiger charge is 2.23. The lowest BCUT2D eigenvalue weighted by molar-refractivity contribution is -0.384. The minimum absolute atomic E-state index is 0.0680. The number of hydrogen-bond acceptors (Lipinski definition) is 6. The average molecular weight is 369 g/mol. The van der Waals surface area contributed by atoms with E-state index in [4.69, 9.17) is 9.15 Å². The number of oxazole rings is 1. The number of para-hydroxylation sites is 1. The Morgan fingerprint density at radius 1 is 1.30 bits per heavy atom. The second kappa shape index (κ2) is 6.60. The topological polar surface area (TPSA) is 117 Å². The first-order valence-electron chi connectivity index (χ1n) is 8.32. The van der Waals surface area contributed by atoms with E-state index in [1.807, 2.05) is 24.3 Å². The molecule has 2 heterocycles. The number of ether oxygens (including phenoxy) is 1. The molecule has 138 valence electrons. The number of carbonyl (C=O) groups is 1. The Morgan fingerprint density at radius 2 is 2.11 bits per heavy atom. The maximum atomic E-state index is 12.5. The zero-order valence-corrected chi connectivity index (χ0v) is 14.1. The number of non-ortho nitro benzene ring substituents is 1. The summed E-state index contributed by atoms with van der Waals surface area (Å²) in [6, 6.07) is 11.1. The largest absolute Gasteiger partial charge is 0.493 e. The molecule has 9 heteroatoms. The highest BCUT2D eigenvalue weighted by Crippen LogP contribution is 2.31. The lowest BCUT2D eigenvalue weighted by Crippen LogP contribution is -2.35. The van der Waals surface area contributed by atoms with Crippen LogP contribution in [-0.4, -0.2) is 22.0 Å². The fourth-order valence-electron chi connectivity index (χ4n) is 3.19. The molecule has 0 fully saturated rings. The van der Waals surface area contributed by atoms with Gasteiger partial charge in [0.05, 0.1) is 29.2 Å². The van der Waals surface area contributed by atoms with Gasteiger partial charge in [-0.15, -0.1) is 0 Å². The van der Waals surface area contributed by atoms with Crippen LogP contribution in [-0.2, 0) is 11.3 Å². The second-order valence-corrected chi connectivity index (χ2v) is 6.16. The van der Waals surface area contributed by atoms with Crippen molar-refractivity contribution in [2.24, 2.45) is 0 Å².